The molecule has 5 nitrogen and oxygen atoms in total. The molecular weight excluding hydrogens is 318 g/mol. The van der Waals surface area contributed by atoms with Gasteiger partial charge in [0.2, 0.25) is 0 Å². The molecule has 5 heteroatoms. The van der Waals surface area contributed by atoms with Gasteiger partial charge >= 0.3 is 5.97 Å². The summed E-state index contributed by atoms with van der Waals surface area (Å²) in [6.45, 7) is 3.73. The maximum absolute atomic E-state index is 13.1. The van der Waals surface area contributed by atoms with Crippen LogP contribution in [0.3, 0.4) is 0 Å². The lowest BCUT2D eigenvalue weighted by atomic mass is 10.0. The summed E-state index contributed by atoms with van der Waals surface area (Å²) < 4.78 is 0.910. The fraction of sp³-hybridized carbons (Fsp3) is 0.250. The summed E-state index contributed by atoms with van der Waals surface area (Å²) in [4.78, 5) is 38.0. The van der Waals surface area contributed by atoms with Crippen molar-refractivity contribution in [2.45, 2.75) is 26.3 Å². The Labute approximate surface area is 144 Å². The van der Waals surface area contributed by atoms with E-state index in [2.05, 4.69) is 0 Å². The van der Waals surface area contributed by atoms with E-state index in [0.29, 0.717) is 21.5 Å². The largest absolute Gasteiger partial charge is 0.480 e. The maximum Gasteiger partial charge on any atom is 0.326 e. The van der Waals surface area contributed by atoms with E-state index in [9.17, 15) is 19.5 Å². The fourth-order valence-corrected chi connectivity index (χ4v) is 3.21. The monoisotopic (exact) mass is 337 g/mol. The molecular formula is C20H19NO4. The summed E-state index contributed by atoms with van der Waals surface area (Å²) in [5, 5.41) is 11.6. The second-order valence-corrected chi connectivity index (χ2v) is 6.56. The van der Waals surface area contributed by atoms with Gasteiger partial charge in [-0.1, -0.05) is 50.2 Å². The first-order valence-electron chi connectivity index (χ1n) is 8.21. The lowest BCUT2D eigenvalue weighted by molar-refractivity contribution is -0.141. The van der Waals surface area contributed by atoms with Gasteiger partial charge in [-0.25, -0.2) is 4.79 Å². The van der Waals surface area contributed by atoms with Crippen molar-refractivity contribution < 1.29 is 9.90 Å². The van der Waals surface area contributed by atoms with E-state index >= 15 is 0 Å². The van der Waals surface area contributed by atoms with Crippen molar-refractivity contribution in [3.63, 3.8) is 0 Å². The van der Waals surface area contributed by atoms with Gasteiger partial charge in [0, 0.05) is 10.8 Å². The summed E-state index contributed by atoms with van der Waals surface area (Å²) in [7, 11) is 0. The Bertz CT molecular complexity index is 1010. The van der Waals surface area contributed by atoms with Crippen molar-refractivity contribution in [2.24, 2.45) is 5.92 Å². The molecule has 0 spiro atoms. The summed E-state index contributed by atoms with van der Waals surface area (Å²) in [6, 6.07) is 12.7. The van der Waals surface area contributed by atoms with Crippen molar-refractivity contribution in [3.05, 3.63) is 69.2 Å². The number of aromatic nitrogens is 1. The minimum absolute atomic E-state index is 0.0236. The van der Waals surface area contributed by atoms with Gasteiger partial charge in [0.25, 0.3) is 11.1 Å². The number of hydrogen-bond acceptors (Lipinski definition) is 3. The summed E-state index contributed by atoms with van der Waals surface area (Å²) in [5.41, 5.74) is -1.13. The fourth-order valence-electron chi connectivity index (χ4n) is 3.21. The molecule has 1 N–H and O–H groups in total. The molecule has 0 aliphatic rings. The van der Waals surface area contributed by atoms with E-state index < -0.39 is 23.1 Å². The summed E-state index contributed by atoms with van der Waals surface area (Å²) >= 11 is 0. The van der Waals surface area contributed by atoms with E-state index in [-0.39, 0.29) is 12.3 Å². The first kappa shape index (κ1) is 16.9. The number of carboxylic acid groups (broad SMARTS) is 1. The molecule has 1 unspecified atom stereocenters. The van der Waals surface area contributed by atoms with E-state index in [4.69, 9.17) is 0 Å². The van der Waals surface area contributed by atoms with Crippen molar-refractivity contribution in [3.8, 4) is 0 Å². The van der Waals surface area contributed by atoms with Crippen LogP contribution in [0, 0.1) is 5.92 Å². The standard InChI is InChI=1S/C20H19NO4/c1-12(2)11-17(20(24)25)21-18(22)15-9-5-3-7-13(15)14-8-4-6-10-16(14)19(21)23/h3-10,12,17H,11H2,1-2H3,(H,24,25). The van der Waals surface area contributed by atoms with Gasteiger partial charge in [0.1, 0.15) is 6.04 Å². The van der Waals surface area contributed by atoms with Crippen molar-refractivity contribution in [1.82, 2.24) is 4.57 Å². The van der Waals surface area contributed by atoms with E-state index in [1.54, 1.807) is 48.5 Å². The lowest BCUT2D eigenvalue weighted by Gasteiger charge is -2.15. The highest BCUT2D eigenvalue weighted by Gasteiger charge is 2.25. The molecule has 25 heavy (non-hydrogen) atoms. The van der Waals surface area contributed by atoms with Crippen LogP contribution in [-0.4, -0.2) is 15.6 Å². The van der Waals surface area contributed by atoms with Crippen LogP contribution in [0.4, 0.5) is 0 Å². The molecule has 2 aromatic carbocycles. The van der Waals surface area contributed by atoms with Gasteiger partial charge in [-0.15, -0.1) is 0 Å². The van der Waals surface area contributed by atoms with Crippen molar-refractivity contribution >= 4 is 27.5 Å². The topological polar surface area (TPSA) is 76.4 Å². The molecule has 0 aliphatic heterocycles. The predicted octanol–water partition coefficient (Wildman–Crippen LogP) is 3.19. The molecule has 0 aliphatic carbocycles. The van der Waals surface area contributed by atoms with Gasteiger partial charge in [0.05, 0.1) is 0 Å². The first-order chi connectivity index (χ1) is 11.9. The van der Waals surface area contributed by atoms with Gasteiger partial charge in [-0.3, -0.25) is 14.2 Å². The molecule has 3 aromatic rings. The number of aliphatic carboxylic acids is 1. The molecule has 1 atom stereocenters. The Balaban J connectivity index is 2.57. The zero-order chi connectivity index (χ0) is 18.1. The number of fused-ring (bicyclic) bond motifs is 3. The Morgan fingerprint density at radius 2 is 1.28 bits per heavy atom. The molecule has 1 aromatic heterocycles. The molecule has 0 amide bonds. The van der Waals surface area contributed by atoms with Crippen LogP contribution in [0.5, 0.6) is 0 Å². The Morgan fingerprint density at radius 1 is 0.880 bits per heavy atom. The molecule has 1 heterocycles. The molecule has 128 valence electrons. The first-order valence-corrected chi connectivity index (χ1v) is 8.21. The highest BCUT2D eigenvalue weighted by atomic mass is 16.4. The number of benzene rings is 2. The SMILES string of the molecule is CC(C)CC(C(=O)O)n1c(=O)c2ccccc2c2ccccc2c1=O. The van der Waals surface area contributed by atoms with Gasteiger partial charge in [0.15, 0.2) is 0 Å². The average Bonchev–Trinajstić information content (AvgIpc) is 2.68. The molecule has 0 fully saturated rings. The van der Waals surface area contributed by atoms with Crippen molar-refractivity contribution in [2.75, 3.05) is 0 Å². The molecule has 0 bridgehead atoms. The number of nitrogens with zero attached hydrogens (tertiary/aromatic N) is 1. The normalized spacial score (nSPS) is 12.6. The van der Waals surface area contributed by atoms with Crippen LogP contribution >= 0.6 is 0 Å². The highest BCUT2D eigenvalue weighted by Crippen LogP contribution is 2.21. The second kappa shape index (κ2) is 6.51. The predicted molar refractivity (Wildman–Crippen MR) is 98.1 cm³/mol. The van der Waals surface area contributed by atoms with Crippen molar-refractivity contribution in [1.29, 1.82) is 0 Å². The molecule has 0 radical (unpaired) electrons. The number of rotatable bonds is 4. The number of hydrogen-bond donors (Lipinski definition) is 1. The van der Waals surface area contributed by atoms with Crippen LogP contribution in [0.15, 0.2) is 58.1 Å². The number of carbonyl (C=O) groups is 1. The molecule has 0 saturated carbocycles. The van der Waals surface area contributed by atoms with Crippen LogP contribution in [0.2, 0.25) is 0 Å². The second-order valence-electron chi connectivity index (χ2n) is 6.56. The van der Waals surface area contributed by atoms with Gasteiger partial charge in [-0.2, -0.15) is 0 Å². The average molecular weight is 337 g/mol. The van der Waals surface area contributed by atoms with Gasteiger partial charge in [-0.05, 0) is 35.2 Å². The molecule has 3 rings (SSSR count). The lowest BCUT2D eigenvalue weighted by Crippen LogP contribution is -2.38. The number of carboxylic acids is 1. The van der Waals surface area contributed by atoms with Crippen LogP contribution < -0.4 is 11.1 Å². The third kappa shape index (κ3) is 2.93. The van der Waals surface area contributed by atoms with Crippen LogP contribution in [0.25, 0.3) is 21.5 Å². The summed E-state index contributed by atoms with van der Waals surface area (Å²) in [6.07, 6.45) is 0.206. The third-order valence-electron chi connectivity index (χ3n) is 4.33. The van der Waals surface area contributed by atoms with E-state index in [1.165, 1.54) is 0 Å². The van der Waals surface area contributed by atoms with Crippen LogP contribution in [-0.2, 0) is 4.79 Å². The van der Waals surface area contributed by atoms with E-state index in [0.717, 1.165) is 4.57 Å². The third-order valence-corrected chi connectivity index (χ3v) is 4.33. The zero-order valence-corrected chi connectivity index (χ0v) is 14.1. The van der Waals surface area contributed by atoms with Crippen LogP contribution in [0.1, 0.15) is 26.3 Å². The minimum atomic E-state index is -1.20. The maximum atomic E-state index is 13.1. The summed E-state index contributed by atoms with van der Waals surface area (Å²) in [5.74, 6) is -1.15. The minimum Gasteiger partial charge on any atom is -0.480 e. The Hall–Kier alpha value is -2.95. The smallest absolute Gasteiger partial charge is 0.326 e. The molecule has 0 saturated heterocycles. The highest BCUT2D eigenvalue weighted by molar-refractivity contribution is 6.05. The Morgan fingerprint density at radius 3 is 1.64 bits per heavy atom. The Kier molecular flexibility index (Phi) is 4.40. The quantitative estimate of drug-likeness (QED) is 0.793. The van der Waals surface area contributed by atoms with E-state index in [1.807, 2.05) is 13.8 Å². The van der Waals surface area contributed by atoms with Gasteiger partial charge < -0.3 is 5.11 Å². The zero-order valence-electron chi connectivity index (χ0n) is 14.1.